The Hall–Kier alpha value is -3.35. The molecule has 0 unspecified atom stereocenters. The average Bonchev–Trinajstić information content (AvgIpc) is 2.60. The molecule has 0 aliphatic heterocycles. The number of rotatable bonds is 5. The second-order valence-corrected chi connectivity index (χ2v) is 4.59. The Balaban J connectivity index is 1.81. The highest BCUT2D eigenvalue weighted by Crippen LogP contribution is 2.30. The first-order chi connectivity index (χ1) is 11.3. The van der Waals surface area contributed by atoms with Crippen molar-refractivity contribution in [2.75, 3.05) is 18.2 Å². The molecule has 0 aliphatic carbocycles. The van der Waals surface area contributed by atoms with Crippen LogP contribution in [-0.2, 0) is 0 Å². The fourth-order valence-electron chi connectivity index (χ4n) is 1.89. The summed E-state index contributed by atoms with van der Waals surface area (Å²) in [6.07, 6.45) is 4.62. The van der Waals surface area contributed by atoms with Gasteiger partial charge in [0.05, 0.1) is 13.3 Å². The number of nitrogens with zero attached hydrogens (tertiary/aromatic N) is 3. The number of benzene rings is 1. The number of hydrogen-bond donors (Lipinski definition) is 2. The highest BCUT2D eigenvalue weighted by molar-refractivity contribution is 5.72. The van der Waals surface area contributed by atoms with E-state index in [1.807, 2.05) is 24.3 Å². The van der Waals surface area contributed by atoms with Crippen molar-refractivity contribution in [3.05, 3.63) is 55.1 Å². The Morgan fingerprint density at radius 1 is 1.04 bits per heavy atom. The number of methoxy groups -OCH3 is 1. The van der Waals surface area contributed by atoms with Crippen molar-refractivity contribution in [2.45, 2.75) is 0 Å². The van der Waals surface area contributed by atoms with Crippen LogP contribution in [0, 0.1) is 0 Å². The molecule has 2 aromatic heterocycles. The summed E-state index contributed by atoms with van der Waals surface area (Å²) in [5, 5.41) is 3.12. The molecule has 23 heavy (non-hydrogen) atoms. The van der Waals surface area contributed by atoms with Gasteiger partial charge in [-0.2, -0.15) is 4.98 Å². The summed E-state index contributed by atoms with van der Waals surface area (Å²) in [6.45, 7) is 0. The van der Waals surface area contributed by atoms with Crippen LogP contribution >= 0.6 is 0 Å². The molecular weight excluding hydrogens is 294 g/mol. The molecule has 0 amide bonds. The highest BCUT2D eigenvalue weighted by atomic mass is 16.5. The molecule has 0 aliphatic rings. The number of nitrogens with two attached hydrogens (primary N) is 1. The Morgan fingerprint density at radius 2 is 1.87 bits per heavy atom. The van der Waals surface area contributed by atoms with Crippen molar-refractivity contribution in [2.24, 2.45) is 0 Å². The van der Waals surface area contributed by atoms with Gasteiger partial charge in [-0.25, -0.2) is 4.98 Å². The molecule has 3 aromatic rings. The highest BCUT2D eigenvalue weighted by Gasteiger charge is 2.10. The third kappa shape index (κ3) is 3.46. The van der Waals surface area contributed by atoms with Crippen LogP contribution in [0.25, 0.3) is 0 Å². The third-order valence-electron chi connectivity index (χ3n) is 3.05. The largest absolute Gasteiger partial charge is 0.497 e. The van der Waals surface area contributed by atoms with Gasteiger partial charge in [-0.3, -0.25) is 4.98 Å². The third-order valence-corrected chi connectivity index (χ3v) is 3.05. The molecule has 3 N–H and O–H groups in total. The zero-order chi connectivity index (χ0) is 16.1. The summed E-state index contributed by atoms with van der Waals surface area (Å²) in [6, 6.07) is 10.9. The lowest BCUT2D eigenvalue weighted by Crippen LogP contribution is -2.03. The van der Waals surface area contributed by atoms with Gasteiger partial charge in [0, 0.05) is 11.9 Å². The van der Waals surface area contributed by atoms with E-state index in [-0.39, 0.29) is 5.88 Å². The Labute approximate surface area is 133 Å². The molecule has 1 aromatic carbocycles. The van der Waals surface area contributed by atoms with Crippen LogP contribution in [0.5, 0.6) is 17.4 Å². The summed E-state index contributed by atoms with van der Waals surface area (Å²) in [5.41, 5.74) is 7.21. The fraction of sp³-hybridized carbons (Fsp3) is 0.0625. The molecule has 0 radical (unpaired) electrons. The topological polar surface area (TPSA) is 95.2 Å². The van der Waals surface area contributed by atoms with Crippen LogP contribution in [0.2, 0.25) is 0 Å². The average molecular weight is 309 g/mol. The monoisotopic (exact) mass is 309 g/mol. The maximum Gasteiger partial charge on any atom is 0.248 e. The lowest BCUT2D eigenvalue weighted by Gasteiger charge is -2.11. The van der Waals surface area contributed by atoms with E-state index < -0.39 is 0 Å². The molecule has 3 rings (SSSR count). The normalized spacial score (nSPS) is 10.1. The molecular formula is C16H15N5O2. The molecule has 0 saturated carbocycles. The Morgan fingerprint density at radius 3 is 2.57 bits per heavy atom. The predicted molar refractivity (Wildman–Crippen MR) is 87.0 cm³/mol. The molecule has 2 heterocycles. The molecule has 7 nitrogen and oxygen atoms in total. The van der Waals surface area contributed by atoms with Gasteiger partial charge in [0.2, 0.25) is 5.88 Å². The van der Waals surface area contributed by atoms with E-state index in [1.54, 1.807) is 31.6 Å². The van der Waals surface area contributed by atoms with Gasteiger partial charge in [0.25, 0.3) is 0 Å². The first kappa shape index (κ1) is 14.6. The maximum absolute atomic E-state index is 6.08. The zero-order valence-corrected chi connectivity index (χ0v) is 12.4. The van der Waals surface area contributed by atoms with Gasteiger partial charge in [0.1, 0.15) is 23.5 Å². The van der Waals surface area contributed by atoms with E-state index in [0.717, 1.165) is 11.4 Å². The van der Waals surface area contributed by atoms with Crippen molar-refractivity contribution in [1.29, 1.82) is 0 Å². The first-order valence-corrected chi connectivity index (χ1v) is 6.85. The Bertz CT molecular complexity index is 778. The van der Waals surface area contributed by atoms with E-state index >= 15 is 0 Å². The fourth-order valence-corrected chi connectivity index (χ4v) is 1.89. The second kappa shape index (κ2) is 6.61. The standard InChI is InChI=1S/C16H15N5O2/c1-22-12-6-4-11(5-7-12)21-15-14(17)16(20-10-19-15)23-13-3-2-8-18-9-13/h2-10H,17H2,1H3,(H,19,20,21). The van der Waals surface area contributed by atoms with Crippen molar-refractivity contribution >= 4 is 17.2 Å². The minimum Gasteiger partial charge on any atom is -0.497 e. The first-order valence-electron chi connectivity index (χ1n) is 6.85. The molecule has 0 atom stereocenters. The van der Waals surface area contributed by atoms with Crippen molar-refractivity contribution in [1.82, 2.24) is 15.0 Å². The van der Waals surface area contributed by atoms with E-state index in [4.69, 9.17) is 15.2 Å². The summed E-state index contributed by atoms with van der Waals surface area (Å²) in [5.74, 6) is 2.05. The smallest absolute Gasteiger partial charge is 0.248 e. The molecule has 0 saturated heterocycles. The van der Waals surface area contributed by atoms with Crippen molar-refractivity contribution in [3.63, 3.8) is 0 Å². The van der Waals surface area contributed by atoms with Crippen LogP contribution in [0.15, 0.2) is 55.1 Å². The minimum absolute atomic E-state index is 0.268. The molecule has 0 spiro atoms. The number of ether oxygens (including phenoxy) is 2. The quantitative estimate of drug-likeness (QED) is 0.748. The van der Waals surface area contributed by atoms with Crippen LogP contribution < -0.4 is 20.5 Å². The predicted octanol–water partition coefficient (Wildman–Crippen LogP) is 3.00. The number of hydrogen-bond acceptors (Lipinski definition) is 7. The van der Waals surface area contributed by atoms with Crippen LogP contribution in [0.3, 0.4) is 0 Å². The maximum atomic E-state index is 6.08. The molecule has 116 valence electrons. The lowest BCUT2D eigenvalue weighted by molar-refractivity contribution is 0.415. The van der Waals surface area contributed by atoms with Gasteiger partial charge in [-0.15, -0.1) is 0 Å². The van der Waals surface area contributed by atoms with E-state index in [2.05, 4.69) is 20.3 Å². The summed E-state index contributed by atoms with van der Waals surface area (Å²) in [4.78, 5) is 12.2. The number of pyridine rings is 1. The second-order valence-electron chi connectivity index (χ2n) is 4.59. The number of aromatic nitrogens is 3. The SMILES string of the molecule is COc1ccc(Nc2ncnc(Oc3cccnc3)c2N)cc1. The van der Waals surface area contributed by atoms with E-state index in [9.17, 15) is 0 Å². The van der Waals surface area contributed by atoms with Gasteiger partial charge < -0.3 is 20.5 Å². The Kier molecular flexibility index (Phi) is 4.19. The molecule has 0 fully saturated rings. The van der Waals surface area contributed by atoms with Gasteiger partial charge in [-0.1, -0.05) is 0 Å². The van der Waals surface area contributed by atoms with E-state index in [1.165, 1.54) is 6.33 Å². The van der Waals surface area contributed by atoms with Crippen LogP contribution in [0.4, 0.5) is 17.2 Å². The van der Waals surface area contributed by atoms with Gasteiger partial charge in [0.15, 0.2) is 5.82 Å². The van der Waals surface area contributed by atoms with Gasteiger partial charge in [-0.05, 0) is 36.4 Å². The number of nitrogen functional groups attached to an aromatic ring is 1. The molecule has 7 heteroatoms. The van der Waals surface area contributed by atoms with E-state index in [0.29, 0.717) is 17.3 Å². The number of anilines is 3. The summed E-state index contributed by atoms with van der Waals surface area (Å²) in [7, 11) is 1.62. The summed E-state index contributed by atoms with van der Waals surface area (Å²) < 4.78 is 10.8. The minimum atomic E-state index is 0.268. The molecule has 0 bridgehead atoms. The van der Waals surface area contributed by atoms with Crippen LogP contribution in [0.1, 0.15) is 0 Å². The zero-order valence-electron chi connectivity index (χ0n) is 12.4. The van der Waals surface area contributed by atoms with Crippen molar-refractivity contribution < 1.29 is 9.47 Å². The van der Waals surface area contributed by atoms with Gasteiger partial charge >= 0.3 is 0 Å². The summed E-state index contributed by atoms with van der Waals surface area (Å²) >= 11 is 0. The lowest BCUT2D eigenvalue weighted by atomic mass is 10.3. The van der Waals surface area contributed by atoms with Crippen LogP contribution in [-0.4, -0.2) is 22.1 Å². The number of nitrogens with one attached hydrogen (secondary N) is 1. The van der Waals surface area contributed by atoms with Crippen molar-refractivity contribution in [3.8, 4) is 17.4 Å².